The fourth-order valence-electron chi connectivity index (χ4n) is 2.43. The summed E-state index contributed by atoms with van der Waals surface area (Å²) in [6.07, 6.45) is 1.73. The van der Waals surface area contributed by atoms with Crippen molar-refractivity contribution in [3.63, 3.8) is 0 Å². The molecular formula is C15H21NO4S. The Hall–Kier alpha value is -1.56. The summed E-state index contributed by atoms with van der Waals surface area (Å²) < 4.78 is 27.7. The third kappa shape index (κ3) is 5.04. The van der Waals surface area contributed by atoms with Gasteiger partial charge in [0.15, 0.2) is 9.84 Å². The van der Waals surface area contributed by atoms with Crippen molar-refractivity contribution >= 4 is 15.7 Å². The monoisotopic (exact) mass is 311 g/mol. The molecule has 1 aliphatic heterocycles. The number of hydrogen-bond donors (Lipinski definition) is 1. The second kappa shape index (κ2) is 6.93. The van der Waals surface area contributed by atoms with Crippen LogP contribution < -0.4 is 10.1 Å². The van der Waals surface area contributed by atoms with Gasteiger partial charge in [-0.05, 0) is 36.5 Å². The van der Waals surface area contributed by atoms with Gasteiger partial charge in [-0.15, -0.1) is 0 Å². The normalized spacial score (nSPS) is 20.1. The minimum atomic E-state index is -2.87. The van der Waals surface area contributed by atoms with Crippen LogP contribution in [0.4, 0.5) is 0 Å². The highest BCUT2D eigenvalue weighted by atomic mass is 32.2. The smallest absolute Gasteiger partial charge is 0.220 e. The molecule has 21 heavy (non-hydrogen) atoms. The van der Waals surface area contributed by atoms with Crippen LogP contribution >= 0.6 is 0 Å². The van der Waals surface area contributed by atoms with Crippen LogP contribution in [0.15, 0.2) is 24.3 Å². The van der Waals surface area contributed by atoms with Crippen LogP contribution in [0.25, 0.3) is 0 Å². The van der Waals surface area contributed by atoms with Crippen molar-refractivity contribution in [2.75, 3.05) is 25.2 Å². The highest BCUT2D eigenvalue weighted by Crippen LogP contribution is 2.17. The third-order valence-corrected chi connectivity index (χ3v) is 5.55. The Kier molecular flexibility index (Phi) is 5.22. The molecule has 1 amide bonds. The van der Waals surface area contributed by atoms with Crippen molar-refractivity contribution in [1.29, 1.82) is 0 Å². The van der Waals surface area contributed by atoms with E-state index in [1.165, 1.54) is 0 Å². The van der Waals surface area contributed by atoms with Gasteiger partial charge in [0, 0.05) is 13.0 Å². The van der Waals surface area contributed by atoms with Crippen LogP contribution in [0, 0.1) is 5.92 Å². The lowest BCUT2D eigenvalue weighted by molar-refractivity contribution is -0.121. The van der Waals surface area contributed by atoms with E-state index in [0.717, 1.165) is 11.3 Å². The number of amides is 1. The second-order valence-electron chi connectivity index (χ2n) is 5.42. The molecule has 1 aliphatic rings. The van der Waals surface area contributed by atoms with Crippen LogP contribution in [0.1, 0.15) is 18.4 Å². The molecule has 1 saturated heterocycles. The standard InChI is InChI=1S/C15H21NO4S/c1-20-14-5-2-12(3-6-14)4-7-15(17)16-10-13-8-9-21(18,19)11-13/h2-3,5-6,13H,4,7-11H2,1H3,(H,16,17)/t13-/m0/s1. The van der Waals surface area contributed by atoms with Gasteiger partial charge in [0.25, 0.3) is 0 Å². The number of methoxy groups -OCH3 is 1. The zero-order valence-corrected chi connectivity index (χ0v) is 13.0. The van der Waals surface area contributed by atoms with E-state index in [4.69, 9.17) is 4.74 Å². The van der Waals surface area contributed by atoms with Crippen LogP contribution in [0.3, 0.4) is 0 Å². The van der Waals surface area contributed by atoms with Gasteiger partial charge in [-0.25, -0.2) is 8.42 Å². The summed E-state index contributed by atoms with van der Waals surface area (Å²) in [7, 11) is -1.25. The largest absolute Gasteiger partial charge is 0.497 e. The van der Waals surface area contributed by atoms with Crippen LogP contribution in [0.5, 0.6) is 5.75 Å². The number of nitrogens with one attached hydrogen (secondary N) is 1. The van der Waals surface area contributed by atoms with Crippen molar-refractivity contribution in [3.05, 3.63) is 29.8 Å². The Morgan fingerprint density at radius 2 is 2.05 bits per heavy atom. The SMILES string of the molecule is COc1ccc(CCC(=O)NC[C@@H]2CCS(=O)(=O)C2)cc1. The number of carbonyl (C=O) groups is 1. The molecule has 2 rings (SSSR count). The van der Waals surface area contributed by atoms with E-state index < -0.39 is 9.84 Å². The average molecular weight is 311 g/mol. The molecule has 1 N–H and O–H groups in total. The van der Waals surface area contributed by atoms with Gasteiger partial charge >= 0.3 is 0 Å². The Balaban J connectivity index is 1.70. The minimum absolute atomic E-state index is 0.0323. The number of sulfone groups is 1. The second-order valence-corrected chi connectivity index (χ2v) is 7.65. The molecule has 0 unspecified atom stereocenters. The summed E-state index contributed by atoms with van der Waals surface area (Å²) in [4.78, 5) is 11.8. The van der Waals surface area contributed by atoms with Gasteiger partial charge in [0.05, 0.1) is 18.6 Å². The molecule has 116 valence electrons. The first-order valence-corrected chi connectivity index (χ1v) is 8.91. The number of rotatable bonds is 6. The van der Waals surface area contributed by atoms with Gasteiger partial charge < -0.3 is 10.1 Å². The number of benzene rings is 1. The molecule has 0 bridgehead atoms. The van der Waals surface area contributed by atoms with E-state index in [9.17, 15) is 13.2 Å². The van der Waals surface area contributed by atoms with Crippen LogP contribution in [0.2, 0.25) is 0 Å². The van der Waals surface area contributed by atoms with E-state index in [1.54, 1.807) is 7.11 Å². The van der Waals surface area contributed by atoms with Gasteiger partial charge in [0.1, 0.15) is 5.75 Å². The topological polar surface area (TPSA) is 72.5 Å². The molecular weight excluding hydrogens is 290 g/mol. The Morgan fingerprint density at radius 1 is 1.33 bits per heavy atom. The number of hydrogen-bond acceptors (Lipinski definition) is 4. The third-order valence-electron chi connectivity index (χ3n) is 3.71. The lowest BCUT2D eigenvalue weighted by atomic mass is 10.1. The minimum Gasteiger partial charge on any atom is -0.497 e. The van der Waals surface area contributed by atoms with Gasteiger partial charge in [-0.1, -0.05) is 12.1 Å². The highest BCUT2D eigenvalue weighted by molar-refractivity contribution is 7.91. The fraction of sp³-hybridized carbons (Fsp3) is 0.533. The molecule has 1 aromatic carbocycles. The van der Waals surface area contributed by atoms with Crippen LogP contribution in [-0.2, 0) is 21.1 Å². The van der Waals surface area contributed by atoms with E-state index in [2.05, 4.69) is 5.32 Å². The van der Waals surface area contributed by atoms with E-state index in [-0.39, 0.29) is 23.3 Å². The first-order valence-electron chi connectivity index (χ1n) is 7.08. The zero-order chi connectivity index (χ0) is 15.3. The predicted molar refractivity (Wildman–Crippen MR) is 81.1 cm³/mol. The molecule has 0 aliphatic carbocycles. The lowest BCUT2D eigenvalue weighted by Crippen LogP contribution is -2.29. The van der Waals surface area contributed by atoms with Crippen molar-refractivity contribution in [2.45, 2.75) is 19.3 Å². The number of aryl methyl sites for hydroxylation is 1. The first kappa shape index (κ1) is 15.8. The van der Waals surface area contributed by atoms with E-state index in [1.807, 2.05) is 24.3 Å². The summed E-state index contributed by atoms with van der Waals surface area (Å²) in [5.74, 6) is 1.28. The van der Waals surface area contributed by atoms with Crippen molar-refractivity contribution in [1.82, 2.24) is 5.32 Å². The Morgan fingerprint density at radius 3 is 2.62 bits per heavy atom. The Bertz CT molecular complexity index is 580. The fourth-order valence-corrected chi connectivity index (χ4v) is 4.29. The molecule has 1 heterocycles. The first-order chi connectivity index (χ1) is 9.98. The maximum absolute atomic E-state index is 11.8. The molecule has 6 heteroatoms. The lowest BCUT2D eigenvalue weighted by Gasteiger charge is -2.09. The molecule has 1 fully saturated rings. The van der Waals surface area contributed by atoms with Crippen molar-refractivity contribution in [2.24, 2.45) is 5.92 Å². The quantitative estimate of drug-likeness (QED) is 0.856. The maximum Gasteiger partial charge on any atom is 0.220 e. The van der Waals surface area contributed by atoms with Gasteiger partial charge in [-0.3, -0.25) is 4.79 Å². The van der Waals surface area contributed by atoms with Gasteiger partial charge in [0.2, 0.25) is 5.91 Å². The summed E-state index contributed by atoms with van der Waals surface area (Å²) in [5, 5.41) is 2.83. The number of carbonyl (C=O) groups excluding carboxylic acids is 1. The van der Waals surface area contributed by atoms with Gasteiger partial charge in [-0.2, -0.15) is 0 Å². The highest BCUT2D eigenvalue weighted by Gasteiger charge is 2.27. The molecule has 1 atom stereocenters. The van der Waals surface area contributed by atoms with Crippen molar-refractivity contribution in [3.8, 4) is 5.75 Å². The predicted octanol–water partition coefficient (Wildman–Crippen LogP) is 1.18. The zero-order valence-electron chi connectivity index (χ0n) is 12.2. The van der Waals surface area contributed by atoms with Crippen LogP contribution in [-0.4, -0.2) is 39.5 Å². The average Bonchev–Trinajstić information content (AvgIpc) is 2.83. The summed E-state index contributed by atoms with van der Waals surface area (Å²) in [5.41, 5.74) is 1.08. The van der Waals surface area contributed by atoms with Crippen molar-refractivity contribution < 1.29 is 17.9 Å². The Labute approximate surface area is 125 Å². The number of ether oxygens (including phenoxy) is 1. The molecule has 5 nitrogen and oxygen atoms in total. The molecule has 0 aromatic heterocycles. The summed E-state index contributed by atoms with van der Waals surface area (Å²) in [6.45, 7) is 0.459. The summed E-state index contributed by atoms with van der Waals surface area (Å²) >= 11 is 0. The molecule has 0 radical (unpaired) electrons. The maximum atomic E-state index is 11.8. The molecule has 0 spiro atoms. The van der Waals surface area contributed by atoms with E-state index in [0.29, 0.717) is 25.8 Å². The summed E-state index contributed by atoms with van der Waals surface area (Å²) in [6, 6.07) is 7.62. The molecule has 0 saturated carbocycles. The molecule has 1 aromatic rings. The van der Waals surface area contributed by atoms with E-state index >= 15 is 0 Å².